The van der Waals surface area contributed by atoms with Gasteiger partial charge in [0.25, 0.3) is 0 Å². The molecule has 1 rings (SSSR count). The minimum Gasteiger partial charge on any atom is -0.396 e. The molecule has 14 heavy (non-hydrogen) atoms. The molecule has 1 heterocycles. The van der Waals surface area contributed by atoms with Gasteiger partial charge in [0.15, 0.2) is 0 Å². The molecule has 1 aliphatic heterocycles. The van der Waals surface area contributed by atoms with Crippen molar-refractivity contribution in [3.05, 3.63) is 0 Å². The van der Waals surface area contributed by atoms with Crippen molar-refractivity contribution in [1.82, 2.24) is 5.32 Å². The summed E-state index contributed by atoms with van der Waals surface area (Å²) in [4.78, 5) is 11.3. The van der Waals surface area contributed by atoms with E-state index in [9.17, 15) is 4.79 Å². The lowest BCUT2D eigenvalue weighted by atomic mass is 10.1. The smallest absolute Gasteiger partial charge is 0.220 e. The Morgan fingerprint density at radius 2 is 2.50 bits per heavy atom. The van der Waals surface area contributed by atoms with E-state index in [0.29, 0.717) is 12.8 Å². The highest BCUT2D eigenvalue weighted by Gasteiger charge is 2.23. The zero-order chi connectivity index (χ0) is 10.4. The summed E-state index contributed by atoms with van der Waals surface area (Å²) in [5.41, 5.74) is 0. The van der Waals surface area contributed by atoms with Crippen molar-refractivity contribution < 1.29 is 14.6 Å². The minimum absolute atomic E-state index is 0.00190. The van der Waals surface area contributed by atoms with Gasteiger partial charge in [-0.3, -0.25) is 4.79 Å². The summed E-state index contributed by atoms with van der Waals surface area (Å²) in [6.07, 6.45) is 3.22. The van der Waals surface area contributed by atoms with Crippen molar-refractivity contribution in [2.75, 3.05) is 13.2 Å². The van der Waals surface area contributed by atoms with Gasteiger partial charge in [0.2, 0.25) is 5.91 Å². The second-order valence-corrected chi connectivity index (χ2v) is 3.73. The Hall–Kier alpha value is -0.610. The number of amides is 1. The van der Waals surface area contributed by atoms with Gasteiger partial charge in [-0.2, -0.15) is 0 Å². The first kappa shape index (κ1) is 11.5. The number of hydrogen-bond acceptors (Lipinski definition) is 3. The fourth-order valence-electron chi connectivity index (χ4n) is 1.66. The molecule has 0 aromatic heterocycles. The first-order valence-corrected chi connectivity index (χ1v) is 5.26. The van der Waals surface area contributed by atoms with E-state index in [-0.39, 0.29) is 24.7 Å². The van der Waals surface area contributed by atoms with E-state index in [1.54, 1.807) is 0 Å². The highest BCUT2D eigenvalue weighted by molar-refractivity contribution is 5.76. The lowest BCUT2D eigenvalue weighted by Crippen LogP contribution is -2.40. The Morgan fingerprint density at radius 3 is 3.07 bits per heavy atom. The number of aliphatic hydroxyl groups excluding tert-OH is 1. The fraction of sp³-hybridized carbons (Fsp3) is 0.900. The predicted octanol–water partition coefficient (Wildman–Crippen LogP) is 0.443. The molecular formula is C10H19NO3. The molecule has 1 amide bonds. The van der Waals surface area contributed by atoms with Gasteiger partial charge < -0.3 is 15.2 Å². The molecule has 2 unspecified atom stereocenters. The SMILES string of the molecule is CC(NC(=O)CCCO)C1CCCO1. The van der Waals surface area contributed by atoms with Crippen LogP contribution in [-0.4, -0.2) is 36.4 Å². The van der Waals surface area contributed by atoms with E-state index < -0.39 is 0 Å². The van der Waals surface area contributed by atoms with Crippen LogP contribution in [0.2, 0.25) is 0 Å². The van der Waals surface area contributed by atoms with Crippen molar-refractivity contribution in [3.8, 4) is 0 Å². The number of nitrogens with one attached hydrogen (secondary N) is 1. The third kappa shape index (κ3) is 3.64. The lowest BCUT2D eigenvalue weighted by Gasteiger charge is -2.19. The van der Waals surface area contributed by atoms with Gasteiger partial charge in [-0.1, -0.05) is 0 Å². The molecule has 4 heteroatoms. The van der Waals surface area contributed by atoms with Gasteiger partial charge in [0.1, 0.15) is 0 Å². The van der Waals surface area contributed by atoms with E-state index in [0.717, 1.165) is 19.4 Å². The molecule has 0 aliphatic carbocycles. The molecule has 0 aromatic rings. The van der Waals surface area contributed by atoms with E-state index in [4.69, 9.17) is 9.84 Å². The molecule has 1 saturated heterocycles. The van der Waals surface area contributed by atoms with E-state index in [1.807, 2.05) is 6.92 Å². The normalized spacial score (nSPS) is 23.4. The van der Waals surface area contributed by atoms with Crippen LogP contribution < -0.4 is 5.32 Å². The van der Waals surface area contributed by atoms with Crippen LogP contribution in [0.1, 0.15) is 32.6 Å². The molecule has 0 bridgehead atoms. The molecule has 82 valence electrons. The van der Waals surface area contributed by atoms with Crippen LogP contribution >= 0.6 is 0 Å². The summed E-state index contributed by atoms with van der Waals surface area (Å²) in [7, 11) is 0. The lowest BCUT2D eigenvalue weighted by molar-refractivity contribution is -0.122. The van der Waals surface area contributed by atoms with E-state index in [1.165, 1.54) is 0 Å². The Kier molecular flexibility index (Phi) is 4.90. The molecule has 2 N–H and O–H groups in total. The van der Waals surface area contributed by atoms with Crippen molar-refractivity contribution in [1.29, 1.82) is 0 Å². The Labute approximate surface area is 84.6 Å². The van der Waals surface area contributed by atoms with Gasteiger partial charge in [-0.25, -0.2) is 0 Å². The summed E-state index contributed by atoms with van der Waals surface area (Å²) < 4.78 is 5.46. The van der Waals surface area contributed by atoms with Crippen LogP contribution in [0.3, 0.4) is 0 Å². The second-order valence-electron chi connectivity index (χ2n) is 3.73. The van der Waals surface area contributed by atoms with Crippen molar-refractivity contribution >= 4 is 5.91 Å². The number of carbonyl (C=O) groups excluding carboxylic acids is 1. The number of hydrogen-bond donors (Lipinski definition) is 2. The molecule has 2 atom stereocenters. The van der Waals surface area contributed by atoms with Gasteiger partial charge in [0.05, 0.1) is 12.1 Å². The monoisotopic (exact) mass is 201 g/mol. The average Bonchev–Trinajstić information content (AvgIpc) is 2.67. The Morgan fingerprint density at radius 1 is 1.71 bits per heavy atom. The summed E-state index contributed by atoms with van der Waals surface area (Å²) in [6, 6.07) is 0.0868. The number of aliphatic hydroxyl groups is 1. The van der Waals surface area contributed by atoms with Gasteiger partial charge in [0, 0.05) is 19.6 Å². The summed E-state index contributed by atoms with van der Waals surface area (Å²) in [5.74, 6) is 0.00190. The van der Waals surface area contributed by atoms with Crippen LogP contribution in [0.15, 0.2) is 0 Å². The first-order valence-electron chi connectivity index (χ1n) is 5.26. The van der Waals surface area contributed by atoms with Crippen molar-refractivity contribution in [2.24, 2.45) is 0 Å². The average molecular weight is 201 g/mol. The maximum absolute atomic E-state index is 11.3. The van der Waals surface area contributed by atoms with E-state index in [2.05, 4.69) is 5.32 Å². The van der Waals surface area contributed by atoms with Crippen molar-refractivity contribution in [3.63, 3.8) is 0 Å². The third-order valence-corrected chi connectivity index (χ3v) is 2.47. The summed E-state index contributed by atoms with van der Waals surface area (Å²) >= 11 is 0. The number of rotatable bonds is 5. The largest absolute Gasteiger partial charge is 0.396 e. The second kappa shape index (κ2) is 5.98. The molecule has 0 aromatic carbocycles. The van der Waals surface area contributed by atoms with Gasteiger partial charge in [-0.15, -0.1) is 0 Å². The molecule has 0 spiro atoms. The zero-order valence-corrected chi connectivity index (χ0v) is 8.66. The highest BCUT2D eigenvalue weighted by Crippen LogP contribution is 2.15. The quantitative estimate of drug-likeness (QED) is 0.678. The maximum atomic E-state index is 11.3. The zero-order valence-electron chi connectivity index (χ0n) is 8.66. The predicted molar refractivity (Wildman–Crippen MR) is 52.9 cm³/mol. The van der Waals surface area contributed by atoms with Crippen LogP contribution in [0.25, 0.3) is 0 Å². The minimum atomic E-state index is 0.00190. The topological polar surface area (TPSA) is 58.6 Å². The molecule has 0 saturated carbocycles. The van der Waals surface area contributed by atoms with Crippen molar-refractivity contribution in [2.45, 2.75) is 44.8 Å². The number of ether oxygens (including phenoxy) is 1. The summed E-state index contributed by atoms with van der Waals surface area (Å²) in [5, 5.41) is 11.4. The van der Waals surface area contributed by atoms with Crippen LogP contribution in [0.4, 0.5) is 0 Å². The van der Waals surface area contributed by atoms with Crippen LogP contribution in [-0.2, 0) is 9.53 Å². The summed E-state index contributed by atoms with van der Waals surface area (Å²) in [6.45, 7) is 2.84. The van der Waals surface area contributed by atoms with Crippen LogP contribution in [0, 0.1) is 0 Å². The molecule has 4 nitrogen and oxygen atoms in total. The molecular weight excluding hydrogens is 182 g/mol. The fourth-order valence-corrected chi connectivity index (χ4v) is 1.66. The van der Waals surface area contributed by atoms with Gasteiger partial charge >= 0.3 is 0 Å². The first-order chi connectivity index (χ1) is 6.74. The standard InChI is InChI=1S/C10H19NO3/c1-8(9-4-3-7-14-9)11-10(13)5-2-6-12/h8-9,12H,2-7H2,1H3,(H,11,13). The third-order valence-electron chi connectivity index (χ3n) is 2.47. The molecule has 1 fully saturated rings. The Balaban J connectivity index is 2.18. The highest BCUT2D eigenvalue weighted by atomic mass is 16.5. The Bertz CT molecular complexity index is 178. The van der Waals surface area contributed by atoms with E-state index >= 15 is 0 Å². The maximum Gasteiger partial charge on any atom is 0.220 e. The number of carbonyl (C=O) groups is 1. The molecule has 1 aliphatic rings. The molecule has 0 radical (unpaired) electrons. The van der Waals surface area contributed by atoms with Gasteiger partial charge in [-0.05, 0) is 26.2 Å². The van der Waals surface area contributed by atoms with Crippen LogP contribution in [0.5, 0.6) is 0 Å².